The fourth-order valence-corrected chi connectivity index (χ4v) is 3.08. The molecule has 3 amide bonds. The van der Waals surface area contributed by atoms with Crippen LogP contribution in [0, 0.1) is 6.92 Å². The average molecular weight is 464 g/mol. The lowest BCUT2D eigenvalue weighted by Crippen LogP contribution is -2.38. The Labute approximate surface area is 174 Å². The lowest BCUT2D eigenvalue weighted by atomic mass is 10.2. The van der Waals surface area contributed by atoms with Gasteiger partial charge in [-0.25, -0.2) is 4.68 Å². The number of rotatable bonds is 3. The molecule has 0 bridgehead atoms. The molecule has 0 aliphatic heterocycles. The lowest BCUT2D eigenvalue weighted by Gasteiger charge is -2.12. The second-order valence-electron chi connectivity index (χ2n) is 6.01. The van der Waals surface area contributed by atoms with Crippen LogP contribution in [-0.4, -0.2) is 29.4 Å². The van der Waals surface area contributed by atoms with Crippen LogP contribution in [0.1, 0.15) is 16.1 Å². The van der Waals surface area contributed by atoms with Gasteiger partial charge in [0.05, 0.1) is 5.52 Å². The van der Waals surface area contributed by atoms with Gasteiger partial charge >= 0.3 is 11.8 Å². The second-order valence-corrected chi connectivity index (χ2v) is 7.30. The van der Waals surface area contributed by atoms with Gasteiger partial charge in [-0.3, -0.25) is 19.8 Å². The van der Waals surface area contributed by atoms with E-state index in [2.05, 4.69) is 32.0 Å². The first-order valence-corrected chi connectivity index (χ1v) is 9.39. The number of halogens is 2. The molecule has 0 fully saturated rings. The summed E-state index contributed by atoms with van der Waals surface area (Å²) < 4.78 is 2.19. The molecule has 0 aliphatic carbocycles. The Balaban J connectivity index is 2.01. The van der Waals surface area contributed by atoms with Gasteiger partial charge in [0, 0.05) is 27.6 Å². The van der Waals surface area contributed by atoms with Crippen molar-refractivity contribution >= 4 is 61.8 Å². The molecule has 3 aromatic rings. The van der Waals surface area contributed by atoms with E-state index in [4.69, 9.17) is 11.6 Å². The van der Waals surface area contributed by atoms with E-state index in [-0.39, 0.29) is 5.69 Å². The third kappa shape index (κ3) is 4.02. The number of hydrogen-bond acceptors (Lipinski definition) is 3. The third-order valence-corrected chi connectivity index (χ3v) is 5.18. The van der Waals surface area contributed by atoms with Gasteiger partial charge in [0.15, 0.2) is 0 Å². The number of nitrogens with one attached hydrogen (secondary N) is 3. The Morgan fingerprint density at radius 3 is 2.46 bits per heavy atom. The van der Waals surface area contributed by atoms with Crippen LogP contribution < -0.4 is 16.1 Å². The van der Waals surface area contributed by atoms with Crippen molar-refractivity contribution in [2.45, 2.75) is 6.92 Å². The summed E-state index contributed by atoms with van der Waals surface area (Å²) in [7, 11) is 1.35. The summed E-state index contributed by atoms with van der Waals surface area (Å²) in [5.41, 5.74) is 4.67. The number of anilines is 1. The van der Waals surface area contributed by atoms with E-state index in [0.29, 0.717) is 21.6 Å². The molecule has 0 aliphatic rings. The number of fused-ring (bicyclic) bond motifs is 1. The Morgan fingerprint density at radius 2 is 1.79 bits per heavy atom. The maximum atomic E-state index is 12.9. The fourth-order valence-electron chi connectivity index (χ4n) is 2.66. The van der Waals surface area contributed by atoms with Gasteiger partial charge in [0.2, 0.25) is 0 Å². The highest BCUT2D eigenvalue weighted by molar-refractivity contribution is 9.10. The minimum Gasteiger partial charge on any atom is -0.351 e. The molecular formula is C19H16BrClN4O3. The molecular weight excluding hydrogens is 448 g/mol. The Bertz CT molecular complexity index is 1110. The van der Waals surface area contributed by atoms with Crippen LogP contribution in [0.25, 0.3) is 10.9 Å². The molecule has 28 heavy (non-hydrogen) atoms. The molecule has 9 heteroatoms. The number of benzene rings is 2. The number of amides is 3. The van der Waals surface area contributed by atoms with Crippen LogP contribution in [-0.2, 0) is 9.59 Å². The summed E-state index contributed by atoms with van der Waals surface area (Å²) in [5, 5.41) is 6.16. The van der Waals surface area contributed by atoms with Gasteiger partial charge in [-0.1, -0.05) is 27.5 Å². The predicted molar refractivity (Wildman–Crippen MR) is 112 cm³/mol. The summed E-state index contributed by atoms with van der Waals surface area (Å²) in [5.74, 6) is -2.18. The number of likely N-dealkylation sites (N-methyl/N-ethyl adjacent to an activating group) is 1. The van der Waals surface area contributed by atoms with Crippen LogP contribution in [0.15, 0.2) is 46.9 Å². The maximum absolute atomic E-state index is 12.9. The second kappa shape index (κ2) is 8.04. The monoisotopic (exact) mass is 462 g/mol. The van der Waals surface area contributed by atoms with E-state index < -0.39 is 17.7 Å². The summed E-state index contributed by atoms with van der Waals surface area (Å²) in [4.78, 5) is 36.5. The van der Waals surface area contributed by atoms with Crippen molar-refractivity contribution < 1.29 is 14.4 Å². The molecule has 7 nitrogen and oxygen atoms in total. The Morgan fingerprint density at radius 1 is 1.04 bits per heavy atom. The zero-order chi connectivity index (χ0) is 20.4. The van der Waals surface area contributed by atoms with Crippen LogP contribution in [0.5, 0.6) is 0 Å². The SMILES string of the molecule is CNC(=O)C(=O)Nn1c(C(=O)Nc2ccc(Br)c(C)c2)cc2cc(Cl)ccc21. The highest BCUT2D eigenvalue weighted by Crippen LogP contribution is 2.24. The van der Waals surface area contributed by atoms with Crippen molar-refractivity contribution in [3.05, 3.63) is 63.2 Å². The summed E-state index contributed by atoms with van der Waals surface area (Å²) in [6, 6.07) is 11.9. The van der Waals surface area contributed by atoms with Crippen LogP contribution in [0.2, 0.25) is 5.02 Å². The highest BCUT2D eigenvalue weighted by atomic mass is 79.9. The summed E-state index contributed by atoms with van der Waals surface area (Å²) in [6.07, 6.45) is 0. The van der Waals surface area contributed by atoms with Crippen molar-refractivity contribution in [3.8, 4) is 0 Å². The molecule has 144 valence electrons. The van der Waals surface area contributed by atoms with Crippen molar-refractivity contribution in [1.82, 2.24) is 9.99 Å². The van der Waals surface area contributed by atoms with Gasteiger partial charge in [-0.05, 0) is 55.0 Å². The van der Waals surface area contributed by atoms with E-state index in [1.807, 2.05) is 19.1 Å². The van der Waals surface area contributed by atoms with Gasteiger partial charge in [0.1, 0.15) is 5.69 Å². The third-order valence-electron chi connectivity index (χ3n) is 4.06. The van der Waals surface area contributed by atoms with Gasteiger partial charge in [-0.15, -0.1) is 0 Å². The van der Waals surface area contributed by atoms with Crippen LogP contribution >= 0.6 is 27.5 Å². The summed E-state index contributed by atoms with van der Waals surface area (Å²) >= 11 is 9.45. The molecule has 0 saturated heterocycles. The fraction of sp³-hybridized carbons (Fsp3) is 0.105. The number of carbonyl (C=O) groups is 3. The molecule has 3 rings (SSSR count). The smallest absolute Gasteiger partial charge is 0.328 e. The van der Waals surface area contributed by atoms with Gasteiger partial charge in [0.25, 0.3) is 5.91 Å². The van der Waals surface area contributed by atoms with Gasteiger partial charge < -0.3 is 10.6 Å². The lowest BCUT2D eigenvalue weighted by molar-refractivity contribution is -0.136. The van der Waals surface area contributed by atoms with E-state index in [0.717, 1.165) is 10.0 Å². The normalized spacial score (nSPS) is 10.6. The number of aromatic nitrogens is 1. The topological polar surface area (TPSA) is 92.2 Å². The highest BCUT2D eigenvalue weighted by Gasteiger charge is 2.20. The molecule has 2 aromatic carbocycles. The molecule has 1 heterocycles. The van der Waals surface area contributed by atoms with Crippen LogP contribution in [0.4, 0.5) is 5.69 Å². The molecule has 0 unspecified atom stereocenters. The van der Waals surface area contributed by atoms with Gasteiger partial charge in [-0.2, -0.15) is 0 Å². The predicted octanol–water partition coefficient (Wildman–Crippen LogP) is 3.43. The average Bonchev–Trinajstić information content (AvgIpc) is 3.01. The first kappa shape index (κ1) is 19.9. The van der Waals surface area contributed by atoms with Crippen molar-refractivity contribution in [3.63, 3.8) is 0 Å². The molecule has 1 aromatic heterocycles. The quantitative estimate of drug-likeness (QED) is 0.520. The van der Waals surface area contributed by atoms with Crippen LogP contribution in [0.3, 0.4) is 0 Å². The van der Waals surface area contributed by atoms with E-state index in [9.17, 15) is 14.4 Å². The van der Waals surface area contributed by atoms with E-state index in [1.165, 1.54) is 11.7 Å². The Kier molecular flexibility index (Phi) is 5.71. The molecule has 0 saturated carbocycles. The van der Waals surface area contributed by atoms with Crippen molar-refractivity contribution in [1.29, 1.82) is 0 Å². The molecule has 0 radical (unpaired) electrons. The number of carbonyl (C=O) groups excluding carboxylic acids is 3. The number of nitrogens with zero attached hydrogens (tertiary/aromatic N) is 1. The maximum Gasteiger partial charge on any atom is 0.328 e. The van der Waals surface area contributed by atoms with Crippen molar-refractivity contribution in [2.24, 2.45) is 0 Å². The first-order valence-electron chi connectivity index (χ1n) is 8.21. The van der Waals surface area contributed by atoms with E-state index in [1.54, 1.807) is 30.3 Å². The Hall–Kier alpha value is -2.84. The zero-order valence-electron chi connectivity index (χ0n) is 15.0. The largest absolute Gasteiger partial charge is 0.351 e. The molecule has 0 spiro atoms. The molecule has 3 N–H and O–H groups in total. The zero-order valence-corrected chi connectivity index (χ0v) is 17.3. The summed E-state index contributed by atoms with van der Waals surface area (Å²) in [6.45, 7) is 1.91. The minimum absolute atomic E-state index is 0.148. The van der Waals surface area contributed by atoms with E-state index >= 15 is 0 Å². The molecule has 0 atom stereocenters. The standard InChI is InChI=1S/C19H16BrClN4O3/c1-10-7-13(4-5-14(10)20)23-17(26)16-9-11-8-12(21)3-6-15(11)25(16)24-19(28)18(27)22-2/h3-9H,1-2H3,(H,22,27)(H,23,26)(H,24,28). The van der Waals surface area contributed by atoms with Crippen molar-refractivity contribution in [2.75, 3.05) is 17.8 Å². The number of hydrogen-bond donors (Lipinski definition) is 3. The number of aryl methyl sites for hydroxylation is 1. The first-order chi connectivity index (χ1) is 13.3. The minimum atomic E-state index is -0.900.